The summed E-state index contributed by atoms with van der Waals surface area (Å²) in [4.78, 5) is 14.3. The van der Waals surface area contributed by atoms with E-state index in [4.69, 9.17) is 0 Å². The van der Waals surface area contributed by atoms with E-state index >= 15 is 0 Å². The summed E-state index contributed by atoms with van der Waals surface area (Å²) < 4.78 is 14.2. The van der Waals surface area contributed by atoms with Crippen LogP contribution in [0.1, 0.15) is 18.9 Å². The summed E-state index contributed by atoms with van der Waals surface area (Å²) in [6, 6.07) is 3.81. The average Bonchev–Trinajstić information content (AvgIpc) is 2.40. The van der Waals surface area contributed by atoms with Crippen LogP contribution in [-0.2, 0) is 0 Å². The zero-order chi connectivity index (χ0) is 13.0. The van der Waals surface area contributed by atoms with Crippen LogP contribution in [0.4, 0.5) is 10.1 Å². The Hall–Kier alpha value is -1.36. The van der Waals surface area contributed by atoms with Gasteiger partial charge in [-0.2, -0.15) is 0 Å². The second-order valence-electron chi connectivity index (χ2n) is 4.67. The number of piperidine rings is 1. The molecule has 0 bridgehead atoms. The Labute approximate surface area is 106 Å². The molecule has 1 atom stereocenters. The molecule has 0 aromatic carbocycles. The highest BCUT2D eigenvalue weighted by molar-refractivity contribution is 5.39. The normalized spacial score (nSPS) is 20.9. The third kappa shape index (κ3) is 2.72. The molecule has 5 heteroatoms. The second-order valence-corrected chi connectivity index (χ2v) is 4.67. The van der Waals surface area contributed by atoms with E-state index in [1.54, 1.807) is 17.7 Å². The van der Waals surface area contributed by atoms with E-state index < -0.39 is 0 Å². The van der Waals surface area contributed by atoms with Gasteiger partial charge in [0.1, 0.15) is 12.4 Å². The van der Waals surface area contributed by atoms with Gasteiger partial charge in [-0.05, 0) is 31.5 Å². The summed E-state index contributed by atoms with van der Waals surface area (Å²) in [7, 11) is 1.75. The number of nitrogens with one attached hydrogen (secondary N) is 1. The molecule has 100 valence electrons. The van der Waals surface area contributed by atoms with Crippen molar-refractivity contribution in [1.29, 1.82) is 0 Å². The lowest BCUT2D eigenvalue weighted by atomic mass is 10.1. The summed E-state index contributed by atoms with van der Waals surface area (Å²) in [6.07, 6.45) is 3.82. The maximum atomic E-state index is 12.4. The summed E-state index contributed by atoms with van der Waals surface area (Å²) >= 11 is 0. The molecule has 0 aliphatic carbocycles. The van der Waals surface area contributed by atoms with E-state index in [9.17, 15) is 9.18 Å². The summed E-state index contributed by atoms with van der Waals surface area (Å²) in [6.45, 7) is 1.84. The van der Waals surface area contributed by atoms with Crippen LogP contribution in [0.3, 0.4) is 0 Å². The lowest BCUT2D eigenvalue weighted by Gasteiger charge is -2.33. The number of pyridine rings is 1. The fourth-order valence-electron chi connectivity index (χ4n) is 2.57. The van der Waals surface area contributed by atoms with Crippen LogP contribution in [0.15, 0.2) is 23.1 Å². The number of likely N-dealkylation sites (tertiary alicyclic amines) is 1. The Balaban J connectivity index is 2.18. The van der Waals surface area contributed by atoms with Crippen molar-refractivity contribution in [1.82, 2.24) is 9.47 Å². The molecule has 4 nitrogen and oxygen atoms in total. The molecule has 1 saturated heterocycles. The fraction of sp³-hybridized carbons (Fsp3) is 0.615. The summed E-state index contributed by atoms with van der Waals surface area (Å²) in [5.74, 6) is 0. The standard InChI is InChI=1S/C13H20FN3O/c1-15-12-5-3-8-17(13(12)18)11-4-2-7-16(10-11)9-6-14/h3,5,8,11,15H,2,4,6-7,9-10H2,1H3. The minimum absolute atomic E-state index is 0.00657. The van der Waals surface area contributed by atoms with Gasteiger partial charge < -0.3 is 9.88 Å². The van der Waals surface area contributed by atoms with Crippen LogP contribution in [-0.4, -0.2) is 42.8 Å². The van der Waals surface area contributed by atoms with Gasteiger partial charge in [0.05, 0.1) is 0 Å². The van der Waals surface area contributed by atoms with Crippen LogP contribution >= 0.6 is 0 Å². The quantitative estimate of drug-likeness (QED) is 0.883. The molecule has 1 aliphatic heterocycles. The first-order valence-corrected chi connectivity index (χ1v) is 6.43. The molecule has 0 radical (unpaired) electrons. The number of nitrogens with zero attached hydrogens (tertiary/aromatic N) is 2. The van der Waals surface area contributed by atoms with Gasteiger partial charge in [-0.1, -0.05) is 0 Å². The topological polar surface area (TPSA) is 37.3 Å². The van der Waals surface area contributed by atoms with Crippen molar-refractivity contribution in [2.45, 2.75) is 18.9 Å². The smallest absolute Gasteiger partial charge is 0.274 e. The average molecular weight is 253 g/mol. The lowest BCUT2D eigenvalue weighted by Crippen LogP contribution is -2.40. The van der Waals surface area contributed by atoms with Gasteiger partial charge in [0.15, 0.2) is 0 Å². The number of hydrogen-bond donors (Lipinski definition) is 1. The molecule has 18 heavy (non-hydrogen) atoms. The summed E-state index contributed by atoms with van der Waals surface area (Å²) in [5, 5.41) is 2.90. The number of rotatable bonds is 4. The minimum Gasteiger partial charge on any atom is -0.384 e. The Morgan fingerprint density at radius 3 is 3.11 bits per heavy atom. The van der Waals surface area contributed by atoms with Crippen molar-refractivity contribution in [2.24, 2.45) is 0 Å². The molecule has 1 N–H and O–H groups in total. The van der Waals surface area contributed by atoms with E-state index in [0.717, 1.165) is 25.9 Å². The second kappa shape index (κ2) is 6.00. The van der Waals surface area contributed by atoms with Crippen molar-refractivity contribution >= 4 is 5.69 Å². The zero-order valence-electron chi connectivity index (χ0n) is 10.7. The predicted octanol–water partition coefficient (Wildman–Crippen LogP) is 1.50. The monoisotopic (exact) mass is 253 g/mol. The first-order chi connectivity index (χ1) is 8.76. The highest BCUT2D eigenvalue weighted by Gasteiger charge is 2.21. The maximum absolute atomic E-state index is 12.4. The Bertz CT molecular complexity index is 444. The van der Waals surface area contributed by atoms with Gasteiger partial charge in [-0.15, -0.1) is 0 Å². The molecular formula is C13H20FN3O. The Morgan fingerprint density at radius 1 is 1.56 bits per heavy atom. The van der Waals surface area contributed by atoms with Crippen LogP contribution in [0.25, 0.3) is 0 Å². The molecule has 1 aromatic rings. The predicted molar refractivity (Wildman–Crippen MR) is 70.9 cm³/mol. The number of anilines is 1. The van der Waals surface area contributed by atoms with Gasteiger partial charge in [-0.3, -0.25) is 9.69 Å². The van der Waals surface area contributed by atoms with Crippen molar-refractivity contribution in [3.63, 3.8) is 0 Å². The molecule has 2 rings (SSSR count). The van der Waals surface area contributed by atoms with Crippen molar-refractivity contribution in [2.75, 3.05) is 38.7 Å². The molecule has 0 saturated carbocycles. The van der Waals surface area contributed by atoms with E-state index in [1.165, 1.54) is 0 Å². The zero-order valence-corrected chi connectivity index (χ0v) is 10.7. The highest BCUT2D eigenvalue weighted by Crippen LogP contribution is 2.20. The van der Waals surface area contributed by atoms with E-state index in [2.05, 4.69) is 10.2 Å². The van der Waals surface area contributed by atoms with Crippen LogP contribution in [0.2, 0.25) is 0 Å². The van der Waals surface area contributed by atoms with Crippen molar-refractivity contribution < 1.29 is 4.39 Å². The first-order valence-electron chi connectivity index (χ1n) is 6.43. The van der Waals surface area contributed by atoms with Crippen molar-refractivity contribution in [3.05, 3.63) is 28.7 Å². The molecule has 1 aromatic heterocycles. The SMILES string of the molecule is CNc1cccn(C2CCCN(CCF)C2)c1=O. The summed E-state index contributed by atoms with van der Waals surface area (Å²) in [5.41, 5.74) is 0.618. The number of alkyl halides is 1. The van der Waals surface area contributed by atoms with Crippen LogP contribution in [0.5, 0.6) is 0 Å². The number of hydrogen-bond acceptors (Lipinski definition) is 3. The highest BCUT2D eigenvalue weighted by atomic mass is 19.1. The van der Waals surface area contributed by atoms with E-state index in [-0.39, 0.29) is 18.3 Å². The van der Waals surface area contributed by atoms with E-state index in [1.807, 2.05) is 12.3 Å². The first kappa shape index (κ1) is 13.1. The largest absolute Gasteiger partial charge is 0.384 e. The molecule has 0 spiro atoms. The molecule has 1 unspecified atom stereocenters. The van der Waals surface area contributed by atoms with Gasteiger partial charge in [-0.25, -0.2) is 4.39 Å². The molecule has 0 amide bonds. The Morgan fingerprint density at radius 2 is 2.39 bits per heavy atom. The molecule has 1 aliphatic rings. The van der Waals surface area contributed by atoms with Crippen LogP contribution in [0, 0.1) is 0 Å². The van der Waals surface area contributed by atoms with Crippen molar-refractivity contribution in [3.8, 4) is 0 Å². The van der Waals surface area contributed by atoms with Gasteiger partial charge in [0, 0.05) is 32.4 Å². The van der Waals surface area contributed by atoms with Gasteiger partial charge in [0.25, 0.3) is 5.56 Å². The third-order valence-corrected chi connectivity index (χ3v) is 3.52. The maximum Gasteiger partial charge on any atom is 0.274 e. The lowest BCUT2D eigenvalue weighted by molar-refractivity contribution is 0.164. The number of halogens is 1. The van der Waals surface area contributed by atoms with Gasteiger partial charge >= 0.3 is 0 Å². The molecular weight excluding hydrogens is 233 g/mol. The van der Waals surface area contributed by atoms with E-state index in [0.29, 0.717) is 12.2 Å². The third-order valence-electron chi connectivity index (χ3n) is 3.52. The molecule has 2 heterocycles. The van der Waals surface area contributed by atoms with Crippen LogP contribution < -0.4 is 10.9 Å². The van der Waals surface area contributed by atoms with Gasteiger partial charge in [0.2, 0.25) is 0 Å². The fourth-order valence-corrected chi connectivity index (χ4v) is 2.57. The Kier molecular flexibility index (Phi) is 4.36. The molecule has 1 fully saturated rings. The minimum atomic E-state index is -0.321. The number of aromatic nitrogens is 1.